The number of rotatable bonds is 6. The van der Waals surface area contributed by atoms with Crippen LogP contribution in [0.2, 0.25) is 5.02 Å². The number of thioether (sulfide) groups is 1. The van der Waals surface area contributed by atoms with Crippen LogP contribution in [0.1, 0.15) is 5.56 Å². The third-order valence-corrected chi connectivity index (χ3v) is 3.10. The van der Waals surface area contributed by atoms with Gasteiger partial charge in [-0.1, -0.05) is 17.7 Å². The lowest BCUT2D eigenvalue weighted by Gasteiger charge is -2.07. The lowest BCUT2D eigenvalue weighted by molar-refractivity contribution is 1.22. The predicted octanol–water partition coefficient (Wildman–Crippen LogP) is 3.54. The van der Waals surface area contributed by atoms with Crippen LogP contribution in [0.3, 0.4) is 0 Å². The normalized spacial score (nSPS) is 9.50. The number of nitrogens with zero attached hydrogens (tertiary/aromatic N) is 1. The maximum absolute atomic E-state index is 8.90. The van der Waals surface area contributed by atoms with Crippen molar-refractivity contribution in [1.29, 1.82) is 5.26 Å². The maximum Gasteiger partial charge on any atom is 0.101 e. The predicted molar refractivity (Wildman–Crippen MR) is 72.2 cm³/mol. The van der Waals surface area contributed by atoms with Crippen molar-refractivity contribution in [2.24, 2.45) is 0 Å². The third kappa shape index (κ3) is 4.18. The SMILES string of the molecule is C=CCSCCNc1cc(Cl)ccc1C#N. The standard InChI is InChI=1S/C12H13ClN2S/c1-2-6-16-7-5-15-12-8-11(13)4-3-10(12)9-14/h2-4,8,15H,1,5-7H2. The summed E-state index contributed by atoms with van der Waals surface area (Å²) in [5.74, 6) is 1.92. The Bertz CT molecular complexity index is 398. The minimum atomic E-state index is 0.623. The Kier molecular flexibility index (Phi) is 5.84. The topological polar surface area (TPSA) is 35.8 Å². The zero-order chi connectivity index (χ0) is 11.8. The van der Waals surface area contributed by atoms with Crippen LogP contribution >= 0.6 is 23.4 Å². The first-order valence-electron chi connectivity index (χ1n) is 4.90. The van der Waals surface area contributed by atoms with Gasteiger partial charge in [-0.05, 0) is 18.2 Å². The lowest BCUT2D eigenvalue weighted by atomic mass is 10.2. The molecule has 0 saturated carbocycles. The molecule has 0 aliphatic rings. The number of benzene rings is 1. The molecule has 0 amide bonds. The van der Waals surface area contributed by atoms with Crippen LogP contribution in [0.15, 0.2) is 30.9 Å². The van der Waals surface area contributed by atoms with Gasteiger partial charge in [-0.2, -0.15) is 17.0 Å². The molecular formula is C12H13ClN2S. The van der Waals surface area contributed by atoms with E-state index >= 15 is 0 Å². The quantitative estimate of drug-likeness (QED) is 0.621. The van der Waals surface area contributed by atoms with Crippen LogP contribution in [0, 0.1) is 11.3 Å². The van der Waals surface area contributed by atoms with Gasteiger partial charge in [0.1, 0.15) is 6.07 Å². The molecule has 2 nitrogen and oxygen atoms in total. The van der Waals surface area contributed by atoms with Gasteiger partial charge in [-0.3, -0.25) is 0 Å². The van der Waals surface area contributed by atoms with E-state index < -0.39 is 0 Å². The molecular weight excluding hydrogens is 240 g/mol. The molecule has 1 N–H and O–H groups in total. The number of nitrogens with one attached hydrogen (secondary N) is 1. The van der Waals surface area contributed by atoms with Crippen molar-refractivity contribution < 1.29 is 0 Å². The molecule has 0 aliphatic carbocycles. The van der Waals surface area contributed by atoms with Crippen molar-refractivity contribution in [2.45, 2.75) is 0 Å². The summed E-state index contributed by atoms with van der Waals surface area (Å²) in [6.45, 7) is 4.47. The zero-order valence-corrected chi connectivity index (χ0v) is 10.4. The highest BCUT2D eigenvalue weighted by molar-refractivity contribution is 7.99. The first-order chi connectivity index (χ1) is 7.77. The molecule has 0 fully saturated rings. The van der Waals surface area contributed by atoms with Crippen molar-refractivity contribution in [2.75, 3.05) is 23.4 Å². The van der Waals surface area contributed by atoms with Crippen LogP contribution < -0.4 is 5.32 Å². The molecule has 1 aromatic rings. The number of halogens is 1. The van der Waals surface area contributed by atoms with E-state index in [0.717, 1.165) is 23.7 Å². The van der Waals surface area contributed by atoms with Crippen molar-refractivity contribution in [3.05, 3.63) is 41.4 Å². The van der Waals surface area contributed by atoms with Gasteiger partial charge in [0.25, 0.3) is 0 Å². The summed E-state index contributed by atoms with van der Waals surface area (Å²) in [6, 6.07) is 7.35. The number of anilines is 1. The Morgan fingerprint density at radius 1 is 1.56 bits per heavy atom. The highest BCUT2D eigenvalue weighted by Gasteiger charge is 2.01. The van der Waals surface area contributed by atoms with E-state index in [9.17, 15) is 0 Å². The second-order valence-electron chi connectivity index (χ2n) is 3.09. The molecule has 0 aromatic heterocycles. The van der Waals surface area contributed by atoms with Crippen LogP contribution in [0.25, 0.3) is 0 Å². The minimum Gasteiger partial charge on any atom is -0.383 e. The van der Waals surface area contributed by atoms with Gasteiger partial charge >= 0.3 is 0 Å². The average Bonchev–Trinajstić information content (AvgIpc) is 2.29. The fourth-order valence-electron chi connectivity index (χ4n) is 1.18. The average molecular weight is 253 g/mol. The summed E-state index contributed by atoms with van der Waals surface area (Å²) in [4.78, 5) is 0. The van der Waals surface area contributed by atoms with Gasteiger partial charge < -0.3 is 5.32 Å². The summed E-state index contributed by atoms with van der Waals surface area (Å²) >= 11 is 7.66. The summed E-state index contributed by atoms with van der Waals surface area (Å²) in [5.41, 5.74) is 1.42. The number of nitriles is 1. The molecule has 0 bridgehead atoms. The van der Waals surface area contributed by atoms with E-state index in [0.29, 0.717) is 10.6 Å². The van der Waals surface area contributed by atoms with Gasteiger partial charge in [-0.15, -0.1) is 6.58 Å². The van der Waals surface area contributed by atoms with E-state index in [-0.39, 0.29) is 0 Å². The van der Waals surface area contributed by atoms with Crippen LogP contribution in [-0.2, 0) is 0 Å². The molecule has 0 radical (unpaired) electrons. The molecule has 1 aromatic carbocycles. The molecule has 4 heteroatoms. The monoisotopic (exact) mass is 252 g/mol. The van der Waals surface area contributed by atoms with Gasteiger partial charge in [0, 0.05) is 23.1 Å². The fourth-order valence-corrected chi connectivity index (χ4v) is 1.94. The van der Waals surface area contributed by atoms with Gasteiger partial charge in [0.15, 0.2) is 0 Å². The fraction of sp³-hybridized carbons (Fsp3) is 0.250. The summed E-state index contributed by atoms with van der Waals surface area (Å²) in [6.07, 6.45) is 1.88. The van der Waals surface area contributed by atoms with Crippen LogP contribution in [-0.4, -0.2) is 18.1 Å². The van der Waals surface area contributed by atoms with E-state index in [1.165, 1.54) is 0 Å². The van der Waals surface area contributed by atoms with E-state index in [1.54, 1.807) is 30.0 Å². The Balaban J connectivity index is 2.49. The molecule has 84 valence electrons. The molecule has 0 atom stereocenters. The first kappa shape index (κ1) is 13.0. The Morgan fingerprint density at radius 3 is 3.06 bits per heavy atom. The largest absolute Gasteiger partial charge is 0.383 e. The summed E-state index contributed by atoms with van der Waals surface area (Å²) in [5, 5.41) is 12.7. The maximum atomic E-state index is 8.90. The van der Waals surface area contributed by atoms with E-state index in [1.807, 2.05) is 6.08 Å². The first-order valence-corrected chi connectivity index (χ1v) is 6.43. The molecule has 0 aliphatic heterocycles. The van der Waals surface area contributed by atoms with Crippen molar-refractivity contribution in [3.8, 4) is 6.07 Å². The van der Waals surface area contributed by atoms with Crippen molar-refractivity contribution in [1.82, 2.24) is 0 Å². The smallest absolute Gasteiger partial charge is 0.101 e. The molecule has 1 rings (SSSR count). The van der Waals surface area contributed by atoms with Crippen molar-refractivity contribution >= 4 is 29.1 Å². The lowest BCUT2D eigenvalue weighted by Crippen LogP contribution is -2.05. The van der Waals surface area contributed by atoms with Gasteiger partial charge in [-0.25, -0.2) is 0 Å². The second kappa shape index (κ2) is 7.21. The Morgan fingerprint density at radius 2 is 2.38 bits per heavy atom. The summed E-state index contributed by atoms with van der Waals surface area (Å²) in [7, 11) is 0. The van der Waals surface area contributed by atoms with Crippen LogP contribution in [0.5, 0.6) is 0 Å². The molecule has 0 heterocycles. The van der Waals surface area contributed by atoms with Crippen molar-refractivity contribution in [3.63, 3.8) is 0 Å². The molecule has 16 heavy (non-hydrogen) atoms. The Labute approximate surface area is 105 Å². The summed E-state index contributed by atoms with van der Waals surface area (Å²) < 4.78 is 0. The van der Waals surface area contributed by atoms with Gasteiger partial charge in [0.2, 0.25) is 0 Å². The Hall–Kier alpha value is -1.11. The number of hydrogen-bond acceptors (Lipinski definition) is 3. The highest BCUT2D eigenvalue weighted by atomic mass is 35.5. The molecule has 0 spiro atoms. The van der Waals surface area contributed by atoms with E-state index in [2.05, 4.69) is 18.0 Å². The van der Waals surface area contributed by atoms with Crippen LogP contribution in [0.4, 0.5) is 5.69 Å². The second-order valence-corrected chi connectivity index (χ2v) is 4.68. The molecule has 0 unspecified atom stereocenters. The third-order valence-electron chi connectivity index (χ3n) is 1.90. The minimum absolute atomic E-state index is 0.623. The van der Waals surface area contributed by atoms with Gasteiger partial charge in [0.05, 0.1) is 11.3 Å². The molecule has 0 saturated heterocycles. The van der Waals surface area contributed by atoms with E-state index in [4.69, 9.17) is 16.9 Å². The number of hydrogen-bond donors (Lipinski definition) is 1. The highest BCUT2D eigenvalue weighted by Crippen LogP contribution is 2.20. The zero-order valence-electron chi connectivity index (χ0n) is 8.87.